The van der Waals surface area contributed by atoms with Crippen molar-refractivity contribution in [3.8, 4) is 5.75 Å². The lowest BCUT2D eigenvalue weighted by Gasteiger charge is -2.77. The summed E-state index contributed by atoms with van der Waals surface area (Å²) in [7, 11) is 5.70. The SMILES string of the molecule is COc1ccc2c(c1)C1(C)C(N(C)C(=O)Nc3nc4ccc(F)cc4s3)C3N(C)CC31C2. The molecule has 32 heavy (non-hydrogen) atoms. The number of methoxy groups -OCH3 is 1. The third kappa shape index (κ3) is 2.31. The molecule has 4 atom stereocenters. The van der Waals surface area contributed by atoms with Crippen LogP contribution in [0.1, 0.15) is 18.1 Å². The molecule has 3 aliphatic rings. The number of aromatic nitrogens is 1. The Balaban J connectivity index is 1.32. The van der Waals surface area contributed by atoms with Gasteiger partial charge in [-0.25, -0.2) is 14.2 Å². The number of likely N-dealkylation sites (N-methyl/N-ethyl adjacent to an activating group) is 2. The number of urea groups is 1. The first kappa shape index (κ1) is 19.9. The van der Waals surface area contributed by atoms with Gasteiger partial charge in [0.2, 0.25) is 0 Å². The number of thiazole rings is 1. The Morgan fingerprint density at radius 2 is 2.16 bits per heavy atom. The summed E-state index contributed by atoms with van der Waals surface area (Å²) in [6.45, 7) is 3.33. The van der Waals surface area contributed by atoms with E-state index in [0.29, 0.717) is 21.4 Å². The highest BCUT2D eigenvalue weighted by Gasteiger charge is 2.80. The molecule has 6 rings (SSSR count). The maximum Gasteiger partial charge on any atom is 0.323 e. The molecule has 1 aromatic heterocycles. The second kappa shape index (κ2) is 6.42. The number of amides is 2. The van der Waals surface area contributed by atoms with Crippen molar-refractivity contribution in [1.82, 2.24) is 14.8 Å². The van der Waals surface area contributed by atoms with Crippen LogP contribution >= 0.6 is 11.3 Å². The molecule has 2 heterocycles. The second-order valence-electron chi connectivity index (χ2n) is 9.54. The molecule has 1 saturated carbocycles. The largest absolute Gasteiger partial charge is 0.497 e. The van der Waals surface area contributed by atoms with E-state index < -0.39 is 0 Å². The highest BCUT2D eigenvalue weighted by atomic mass is 32.1. The number of hydrogen-bond acceptors (Lipinski definition) is 5. The molecule has 2 fully saturated rings. The van der Waals surface area contributed by atoms with Crippen molar-refractivity contribution in [2.24, 2.45) is 5.41 Å². The van der Waals surface area contributed by atoms with E-state index in [0.717, 1.165) is 18.7 Å². The van der Waals surface area contributed by atoms with Crippen LogP contribution in [0.2, 0.25) is 0 Å². The third-order valence-corrected chi connectivity index (χ3v) is 9.12. The van der Waals surface area contributed by atoms with E-state index in [2.05, 4.69) is 41.3 Å². The Morgan fingerprint density at radius 1 is 1.34 bits per heavy atom. The van der Waals surface area contributed by atoms with Gasteiger partial charge in [-0.15, -0.1) is 0 Å². The molecular formula is C24H25FN4O2S. The van der Waals surface area contributed by atoms with Gasteiger partial charge >= 0.3 is 6.03 Å². The number of ether oxygens (including phenoxy) is 1. The molecule has 2 amide bonds. The predicted molar refractivity (Wildman–Crippen MR) is 123 cm³/mol. The van der Waals surface area contributed by atoms with Gasteiger partial charge in [0.05, 0.1) is 23.4 Å². The van der Waals surface area contributed by atoms with Crippen LogP contribution in [0.3, 0.4) is 0 Å². The molecule has 6 nitrogen and oxygen atoms in total. The van der Waals surface area contributed by atoms with E-state index >= 15 is 0 Å². The number of piperidine rings is 1. The van der Waals surface area contributed by atoms with Crippen molar-refractivity contribution >= 4 is 32.7 Å². The van der Waals surface area contributed by atoms with Gasteiger partial charge in [-0.05, 0) is 54.9 Å². The second-order valence-corrected chi connectivity index (χ2v) is 10.6. The molecule has 8 heteroatoms. The Hall–Kier alpha value is -2.71. The maximum atomic E-state index is 13.5. The number of nitrogens with one attached hydrogen (secondary N) is 1. The van der Waals surface area contributed by atoms with Crippen LogP contribution in [0.25, 0.3) is 10.2 Å². The van der Waals surface area contributed by atoms with Gasteiger partial charge in [-0.3, -0.25) is 5.32 Å². The summed E-state index contributed by atoms with van der Waals surface area (Å²) in [4.78, 5) is 21.9. The van der Waals surface area contributed by atoms with Crippen molar-refractivity contribution in [3.63, 3.8) is 0 Å². The number of anilines is 1. The fraction of sp³-hybridized carbons (Fsp3) is 0.417. The molecule has 1 spiro atoms. The van der Waals surface area contributed by atoms with Crippen molar-refractivity contribution in [2.45, 2.75) is 30.8 Å². The van der Waals surface area contributed by atoms with E-state index in [-0.39, 0.29) is 28.7 Å². The highest BCUT2D eigenvalue weighted by molar-refractivity contribution is 7.22. The van der Waals surface area contributed by atoms with Gasteiger partial charge in [-0.1, -0.05) is 24.3 Å². The zero-order valence-electron chi connectivity index (χ0n) is 18.5. The number of hydrogen-bond donors (Lipinski definition) is 1. The number of benzene rings is 2. The number of carbonyl (C=O) groups excluding carboxylic acids is 1. The summed E-state index contributed by atoms with van der Waals surface area (Å²) in [6.07, 6.45) is 1.03. The molecule has 166 valence electrons. The fourth-order valence-electron chi connectivity index (χ4n) is 6.76. The zero-order valence-corrected chi connectivity index (χ0v) is 19.3. The minimum absolute atomic E-state index is 0.0291. The topological polar surface area (TPSA) is 57.7 Å². The van der Waals surface area contributed by atoms with Crippen molar-refractivity contribution in [2.75, 3.05) is 33.1 Å². The van der Waals surface area contributed by atoms with Gasteiger partial charge in [0.25, 0.3) is 0 Å². The van der Waals surface area contributed by atoms with Gasteiger partial charge in [0.1, 0.15) is 11.6 Å². The molecule has 0 bridgehead atoms. The van der Waals surface area contributed by atoms with Crippen LogP contribution in [0.5, 0.6) is 5.75 Å². The summed E-state index contributed by atoms with van der Waals surface area (Å²) in [6, 6.07) is 11.0. The molecule has 3 aromatic rings. The Morgan fingerprint density at radius 3 is 2.91 bits per heavy atom. The summed E-state index contributed by atoms with van der Waals surface area (Å²) < 4.78 is 19.8. The third-order valence-electron chi connectivity index (χ3n) is 8.18. The minimum Gasteiger partial charge on any atom is -0.497 e. The van der Waals surface area contributed by atoms with Crippen LogP contribution in [0.4, 0.5) is 14.3 Å². The number of nitrogens with zero attached hydrogens (tertiary/aromatic N) is 3. The summed E-state index contributed by atoms with van der Waals surface area (Å²) in [5, 5.41) is 3.42. The quantitative estimate of drug-likeness (QED) is 0.650. The molecule has 1 saturated heterocycles. The predicted octanol–water partition coefficient (Wildman–Crippen LogP) is 4.10. The van der Waals surface area contributed by atoms with E-state index in [1.54, 1.807) is 13.2 Å². The summed E-state index contributed by atoms with van der Waals surface area (Å²) >= 11 is 1.28. The van der Waals surface area contributed by atoms with Crippen molar-refractivity contribution < 1.29 is 13.9 Å². The number of likely N-dealkylation sites (tertiary alicyclic amines) is 1. The van der Waals surface area contributed by atoms with Crippen LogP contribution in [-0.2, 0) is 11.8 Å². The smallest absolute Gasteiger partial charge is 0.323 e. The molecule has 1 aliphatic heterocycles. The van der Waals surface area contributed by atoms with Gasteiger partial charge in [0, 0.05) is 30.5 Å². The number of rotatable bonds is 3. The molecule has 0 radical (unpaired) electrons. The van der Waals surface area contributed by atoms with Crippen LogP contribution in [0.15, 0.2) is 36.4 Å². The van der Waals surface area contributed by atoms with Crippen molar-refractivity contribution in [1.29, 1.82) is 0 Å². The number of carbonyl (C=O) groups is 1. The average molecular weight is 453 g/mol. The van der Waals surface area contributed by atoms with Gasteiger partial charge in [-0.2, -0.15) is 0 Å². The Kier molecular flexibility index (Phi) is 4.00. The first-order chi connectivity index (χ1) is 15.3. The van der Waals surface area contributed by atoms with E-state index in [4.69, 9.17) is 4.74 Å². The Bertz CT molecular complexity index is 1280. The number of fused-ring (bicyclic) bond motifs is 3. The lowest BCUT2D eigenvalue weighted by Crippen LogP contribution is -2.89. The molecule has 4 unspecified atom stereocenters. The van der Waals surface area contributed by atoms with E-state index in [1.807, 2.05) is 18.0 Å². The number of halogens is 1. The monoisotopic (exact) mass is 452 g/mol. The molecule has 1 N–H and O–H groups in total. The van der Waals surface area contributed by atoms with Crippen molar-refractivity contribution in [3.05, 3.63) is 53.3 Å². The molecule has 2 aromatic carbocycles. The molecule has 2 aliphatic carbocycles. The van der Waals surface area contributed by atoms with Crippen LogP contribution in [-0.4, -0.2) is 60.6 Å². The Labute approximate surface area is 190 Å². The van der Waals surface area contributed by atoms with Crippen LogP contribution < -0.4 is 10.1 Å². The standard InChI is InChI=1S/C24H25FN4O2S/c1-23-16-10-15(31-4)7-5-13(16)11-24(23)12-28(2)20(24)19(23)29(3)22(30)27-21-26-17-8-6-14(25)9-18(17)32-21/h5-10,19-20H,11-12H2,1-4H3,(H,26,27,30). The van der Waals surface area contributed by atoms with Gasteiger partial charge in [0.15, 0.2) is 5.13 Å². The summed E-state index contributed by atoms with van der Waals surface area (Å²) in [5.41, 5.74) is 3.34. The first-order valence-electron chi connectivity index (χ1n) is 10.8. The highest BCUT2D eigenvalue weighted by Crippen LogP contribution is 2.71. The lowest BCUT2D eigenvalue weighted by molar-refractivity contribution is -0.234. The summed E-state index contributed by atoms with van der Waals surface area (Å²) in [5.74, 6) is 0.545. The lowest BCUT2D eigenvalue weighted by atomic mass is 9.39. The fourth-order valence-corrected chi connectivity index (χ4v) is 7.64. The minimum atomic E-state index is -0.307. The van der Waals surface area contributed by atoms with Gasteiger partial charge < -0.3 is 14.5 Å². The molecular weight excluding hydrogens is 427 g/mol. The van der Waals surface area contributed by atoms with Crippen LogP contribution in [0, 0.1) is 11.2 Å². The van der Waals surface area contributed by atoms with E-state index in [1.165, 1.54) is 34.6 Å². The maximum absolute atomic E-state index is 13.5. The first-order valence-corrected chi connectivity index (χ1v) is 11.6. The van der Waals surface area contributed by atoms with E-state index in [9.17, 15) is 9.18 Å². The zero-order chi connectivity index (χ0) is 22.4. The normalized spacial score (nSPS) is 30.0. The average Bonchev–Trinajstić information content (AvgIpc) is 3.26.